The Labute approximate surface area is 91.4 Å². The van der Waals surface area contributed by atoms with Gasteiger partial charge in [0.15, 0.2) is 0 Å². The van der Waals surface area contributed by atoms with Gasteiger partial charge in [-0.15, -0.1) is 0 Å². The van der Waals surface area contributed by atoms with Crippen LogP contribution in [0.2, 0.25) is 0 Å². The molecule has 1 heterocycles. The first kappa shape index (κ1) is 12.5. The maximum Gasteiger partial charge on any atom is 0.240 e. The van der Waals surface area contributed by atoms with Crippen molar-refractivity contribution < 1.29 is 9.90 Å². The van der Waals surface area contributed by atoms with Crippen molar-refractivity contribution in [2.45, 2.75) is 45.8 Å². The lowest BCUT2D eigenvalue weighted by atomic mass is 9.86. The van der Waals surface area contributed by atoms with Gasteiger partial charge in [0, 0.05) is 13.1 Å². The molecule has 1 fully saturated rings. The fraction of sp³-hybridized carbons (Fsp3) is 0.909. The van der Waals surface area contributed by atoms with Crippen molar-refractivity contribution in [3.05, 3.63) is 0 Å². The third-order valence-electron chi connectivity index (χ3n) is 2.98. The highest BCUT2D eigenvalue weighted by Crippen LogP contribution is 2.20. The van der Waals surface area contributed by atoms with Crippen molar-refractivity contribution in [3.63, 3.8) is 0 Å². The van der Waals surface area contributed by atoms with Crippen LogP contribution in [-0.4, -0.2) is 41.1 Å². The summed E-state index contributed by atoms with van der Waals surface area (Å²) >= 11 is 0. The van der Waals surface area contributed by atoms with Gasteiger partial charge in [-0.25, -0.2) is 0 Å². The minimum absolute atomic E-state index is 0.00870. The molecule has 0 spiro atoms. The minimum atomic E-state index is -0.451. The van der Waals surface area contributed by atoms with Crippen molar-refractivity contribution in [1.29, 1.82) is 0 Å². The molecule has 88 valence electrons. The molecule has 0 unspecified atom stereocenters. The van der Waals surface area contributed by atoms with Crippen LogP contribution < -0.4 is 5.73 Å². The van der Waals surface area contributed by atoms with Crippen LogP contribution in [0, 0.1) is 5.41 Å². The average Bonchev–Trinajstić information content (AvgIpc) is 2.15. The number of likely N-dealkylation sites (tertiary alicyclic amines) is 1. The van der Waals surface area contributed by atoms with E-state index < -0.39 is 6.04 Å². The van der Waals surface area contributed by atoms with E-state index in [0.717, 1.165) is 0 Å². The van der Waals surface area contributed by atoms with Crippen LogP contribution in [0.15, 0.2) is 0 Å². The molecule has 0 radical (unpaired) electrons. The van der Waals surface area contributed by atoms with Crippen LogP contribution in [-0.2, 0) is 4.79 Å². The largest absolute Gasteiger partial charge is 0.393 e. The number of amides is 1. The Hall–Kier alpha value is -0.610. The first-order valence-electron chi connectivity index (χ1n) is 5.55. The third kappa shape index (κ3) is 3.18. The van der Waals surface area contributed by atoms with Crippen molar-refractivity contribution in [2.24, 2.45) is 11.1 Å². The van der Waals surface area contributed by atoms with Gasteiger partial charge in [-0.2, -0.15) is 0 Å². The molecule has 4 nitrogen and oxygen atoms in total. The van der Waals surface area contributed by atoms with Gasteiger partial charge in [-0.05, 0) is 18.3 Å². The van der Waals surface area contributed by atoms with Crippen LogP contribution in [0.25, 0.3) is 0 Å². The number of aliphatic hydroxyl groups excluding tert-OH is 1. The number of piperidine rings is 1. The second kappa shape index (κ2) is 4.49. The van der Waals surface area contributed by atoms with Crippen LogP contribution >= 0.6 is 0 Å². The van der Waals surface area contributed by atoms with E-state index in [2.05, 4.69) is 0 Å². The van der Waals surface area contributed by atoms with Gasteiger partial charge in [0.25, 0.3) is 0 Å². The molecule has 1 amide bonds. The number of carbonyl (C=O) groups is 1. The zero-order valence-electron chi connectivity index (χ0n) is 9.86. The first-order valence-corrected chi connectivity index (χ1v) is 5.55. The highest BCUT2D eigenvalue weighted by Gasteiger charge is 2.32. The van der Waals surface area contributed by atoms with E-state index >= 15 is 0 Å². The molecule has 0 aromatic rings. The Kier molecular flexibility index (Phi) is 3.73. The van der Waals surface area contributed by atoms with Crippen molar-refractivity contribution in [1.82, 2.24) is 4.90 Å². The van der Waals surface area contributed by atoms with Gasteiger partial charge in [-0.3, -0.25) is 4.79 Å². The SMILES string of the molecule is CC(C)(C)[C@H](N)C(=O)N1CCC(O)CC1. The summed E-state index contributed by atoms with van der Waals surface area (Å²) in [5.74, 6) is 0.00870. The Morgan fingerprint density at radius 1 is 1.40 bits per heavy atom. The Morgan fingerprint density at radius 3 is 2.27 bits per heavy atom. The topological polar surface area (TPSA) is 66.6 Å². The van der Waals surface area contributed by atoms with Crippen molar-refractivity contribution >= 4 is 5.91 Å². The predicted octanol–water partition coefficient (Wildman–Crippen LogP) is 0.343. The molecule has 4 heteroatoms. The zero-order chi connectivity index (χ0) is 11.6. The van der Waals surface area contributed by atoms with Crippen LogP contribution in [0.5, 0.6) is 0 Å². The first-order chi connectivity index (χ1) is 6.82. The molecular weight excluding hydrogens is 192 g/mol. The summed E-state index contributed by atoms with van der Waals surface area (Å²) in [5.41, 5.74) is 5.70. The van der Waals surface area contributed by atoms with E-state index in [0.29, 0.717) is 25.9 Å². The molecule has 1 rings (SSSR count). The van der Waals surface area contributed by atoms with Crippen LogP contribution in [0.1, 0.15) is 33.6 Å². The van der Waals surface area contributed by atoms with Gasteiger partial charge in [-0.1, -0.05) is 20.8 Å². The van der Waals surface area contributed by atoms with Crippen molar-refractivity contribution in [2.75, 3.05) is 13.1 Å². The van der Waals surface area contributed by atoms with E-state index in [1.807, 2.05) is 20.8 Å². The minimum Gasteiger partial charge on any atom is -0.393 e. The summed E-state index contributed by atoms with van der Waals surface area (Å²) in [6.07, 6.45) is 1.09. The fourth-order valence-electron chi connectivity index (χ4n) is 1.65. The summed E-state index contributed by atoms with van der Waals surface area (Å²) < 4.78 is 0. The number of hydrogen-bond donors (Lipinski definition) is 2. The molecule has 1 atom stereocenters. The summed E-state index contributed by atoms with van der Waals surface area (Å²) in [4.78, 5) is 13.7. The summed E-state index contributed by atoms with van der Waals surface area (Å²) in [5, 5.41) is 9.34. The van der Waals surface area contributed by atoms with Gasteiger partial charge in [0.05, 0.1) is 12.1 Å². The molecule has 1 aliphatic heterocycles. The highest BCUT2D eigenvalue weighted by atomic mass is 16.3. The van der Waals surface area contributed by atoms with Gasteiger partial charge >= 0.3 is 0 Å². The quantitative estimate of drug-likeness (QED) is 0.661. The summed E-state index contributed by atoms with van der Waals surface area (Å²) in [7, 11) is 0. The number of carbonyl (C=O) groups excluding carboxylic acids is 1. The lowest BCUT2D eigenvalue weighted by Gasteiger charge is -2.35. The normalized spacial score (nSPS) is 21.5. The van der Waals surface area contributed by atoms with Crippen LogP contribution in [0.3, 0.4) is 0 Å². The molecule has 1 aliphatic rings. The second-order valence-corrected chi connectivity index (χ2v) is 5.40. The third-order valence-corrected chi connectivity index (χ3v) is 2.98. The number of aliphatic hydroxyl groups is 1. The monoisotopic (exact) mass is 214 g/mol. The second-order valence-electron chi connectivity index (χ2n) is 5.40. The van der Waals surface area contributed by atoms with E-state index in [-0.39, 0.29) is 17.4 Å². The van der Waals surface area contributed by atoms with Gasteiger partial charge in [0.2, 0.25) is 5.91 Å². The molecule has 0 bridgehead atoms. The standard InChI is InChI=1S/C11H22N2O2/c1-11(2,3)9(12)10(15)13-6-4-8(14)5-7-13/h8-9,14H,4-7,12H2,1-3H3/t9-/m1/s1. The lowest BCUT2D eigenvalue weighted by molar-refractivity contribution is -0.136. The van der Waals surface area contributed by atoms with E-state index in [1.165, 1.54) is 0 Å². The number of nitrogens with zero attached hydrogens (tertiary/aromatic N) is 1. The van der Waals surface area contributed by atoms with E-state index in [1.54, 1.807) is 4.90 Å². The smallest absolute Gasteiger partial charge is 0.240 e. The van der Waals surface area contributed by atoms with E-state index in [9.17, 15) is 9.90 Å². The number of rotatable bonds is 1. The summed E-state index contributed by atoms with van der Waals surface area (Å²) in [6, 6.07) is -0.451. The molecule has 0 saturated carbocycles. The van der Waals surface area contributed by atoms with Crippen LogP contribution in [0.4, 0.5) is 0 Å². The van der Waals surface area contributed by atoms with E-state index in [4.69, 9.17) is 5.73 Å². The molecule has 0 aromatic heterocycles. The zero-order valence-corrected chi connectivity index (χ0v) is 9.86. The fourth-order valence-corrected chi connectivity index (χ4v) is 1.65. The Balaban J connectivity index is 2.54. The maximum absolute atomic E-state index is 12.0. The summed E-state index contributed by atoms with van der Waals surface area (Å²) in [6.45, 7) is 7.16. The molecule has 3 N–H and O–H groups in total. The average molecular weight is 214 g/mol. The molecule has 0 aliphatic carbocycles. The lowest BCUT2D eigenvalue weighted by Crippen LogP contribution is -2.52. The predicted molar refractivity (Wildman–Crippen MR) is 59.3 cm³/mol. The van der Waals surface area contributed by atoms with Gasteiger partial charge < -0.3 is 15.7 Å². The maximum atomic E-state index is 12.0. The van der Waals surface area contributed by atoms with Crippen molar-refractivity contribution in [3.8, 4) is 0 Å². The number of nitrogens with two attached hydrogens (primary N) is 1. The van der Waals surface area contributed by atoms with Gasteiger partial charge in [0.1, 0.15) is 0 Å². The Morgan fingerprint density at radius 2 is 1.87 bits per heavy atom. The Bertz CT molecular complexity index is 227. The molecular formula is C11H22N2O2. The molecule has 15 heavy (non-hydrogen) atoms. The number of hydrogen-bond acceptors (Lipinski definition) is 3. The molecule has 1 saturated heterocycles. The molecule has 0 aromatic carbocycles. The highest BCUT2D eigenvalue weighted by molar-refractivity contribution is 5.82.